The molecule has 2 heterocycles. The van der Waals surface area contributed by atoms with E-state index in [1.807, 2.05) is 0 Å². The summed E-state index contributed by atoms with van der Waals surface area (Å²) in [6.07, 6.45) is 6.99. The lowest BCUT2D eigenvalue weighted by Gasteiger charge is -2.39. The molecule has 0 radical (unpaired) electrons. The number of hydrogen-bond donors (Lipinski definition) is 1. The summed E-state index contributed by atoms with van der Waals surface area (Å²) >= 11 is 0. The first-order chi connectivity index (χ1) is 7.25. The van der Waals surface area contributed by atoms with E-state index in [0.717, 1.165) is 18.0 Å². The maximum Gasteiger partial charge on any atom is 0.0195 e. The molecule has 15 heavy (non-hydrogen) atoms. The van der Waals surface area contributed by atoms with Gasteiger partial charge in [0, 0.05) is 18.6 Å². The third-order valence-corrected chi connectivity index (χ3v) is 4.14. The Bertz CT molecular complexity index is 187. The molecule has 0 amide bonds. The van der Waals surface area contributed by atoms with Crippen molar-refractivity contribution in [2.75, 3.05) is 19.6 Å². The van der Waals surface area contributed by atoms with Gasteiger partial charge in [-0.25, -0.2) is 0 Å². The van der Waals surface area contributed by atoms with Crippen molar-refractivity contribution >= 4 is 0 Å². The Hall–Kier alpha value is -0.0800. The predicted molar refractivity (Wildman–Crippen MR) is 65.1 cm³/mol. The van der Waals surface area contributed by atoms with Crippen LogP contribution in [0, 0.1) is 5.92 Å². The molecule has 88 valence electrons. The van der Waals surface area contributed by atoms with Crippen LogP contribution in [-0.2, 0) is 0 Å². The molecule has 0 bridgehead atoms. The quantitative estimate of drug-likeness (QED) is 0.752. The van der Waals surface area contributed by atoms with Gasteiger partial charge >= 0.3 is 0 Å². The van der Waals surface area contributed by atoms with Gasteiger partial charge in [-0.3, -0.25) is 4.90 Å². The highest BCUT2D eigenvalue weighted by atomic mass is 15.2. The highest BCUT2D eigenvalue weighted by Gasteiger charge is 2.25. The van der Waals surface area contributed by atoms with Crippen molar-refractivity contribution in [3.8, 4) is 0 Å². The lowest BCUT2D eigenvalue weighted by atomic mass is 9.92. The summed E-state index contributed by atoms with van der Waals surface area (Å²) in [5, 5.41) is 3.66. The average molecular weight is 210 g/mol. The van der Waals surface area contributed by atoms with Crippen LogP contribution in [-0.4, -0.2) is 36.6 Å². The third-order valence-electron chi connectivity index (χ3n) is 4.14. The van der Waals surface area contributed by atoms with E-state index in [4.69, 9.17) is 0 Å². The number of hydrogen-bond acceptors (Lipinski definition) is 2. The van der Waals surface area contributed by atoms with Crippen LogP contribution in [0.2, 0.25) is 0 Å². The lowest BCUT2D eigenvalue weighted by Crippen LogP contribution is -2.49. The molecule has 0 aromatic carbocycles. The van der Waals surface area contributed by atoms with Crippen LogP contribution in [0.3, 0.4) is 0 Å². The number of nitrogens with one attached hydrogen (secondary N) is 1. The van der Waals surface area contributed by atoms with Crippen molar-refractivity contribution in [1.29, 1.82) is 0 Å². The van der Waals surface area contributed by atoms with Crippen molar-refractivity contribution in [2.24, 2.45) is 5.92 Å². The predicted octanol–water partition coefficient (Wildman–Crippen LogP) is 2.25. The zero-order valence-electron chi connectivity index (χ0n) is 10.3. The second-order valence-electron chi connectivity index (χ2n) is 5.62. The van der Waals surface area contributed by atoms with E-state index in [1.165, 1.54) is 51.7 Å². The molecule has 0 spiro atoms. The molecule has 2 heteroatoms. The van der Waals surface area contributed by atoms with Gasteiger partial charge in [-0.1, -0.05) is 13.3 Å². The van der Waals surface area contributed by atoms with E-state index in [9.17, 15) is 0 Å². The minimum Gasteiger partial charge on any atom is -0.313 e. The molecule has 3 unspecified atom stereocenters. The molecule has 2 rings (SSSR count). The summed E-state index contributed by atoms with van der Waals surface area (Å²) in [7, 11) is 0. The molecule has 3 atom stereocenters. The maximum absolute atomic E-state index is 3.66. The van der Waals surface area contributed by atoms with Gasteiger partial charge in [0.15, 0.2) is 0 Å². The summed E-state index contributed by atoms with van der Waals surface area (Å²) in [6, 6.07) is 1.58. The molecule has 2 saturated heterocycles. The molecule has 0 aliphatic carbocycles. The van der Waals surface area contributed by atoms with E-state index < -0.39 is 0 Å². The summed E-state index contributed by atoms with van der Waals surface area (Å²) in [5.41, 5.74) is 0. The minimum absolute atomic E-state index is 0.773. The van der Waals surface area contributed by atoms with E-state index in [-0.39, 0.29) is 0 Å². The second-order valence-corrected chi connectivity index (χ2v) is 5.62. The fourth-order valence-electron chi connectivity index (χ4n) is 3.09. The highest BCUT2D eigenvalue weighted by molar-refractivity contribution is 4.82. The molecule has 1 N–H and O–H groups in total. The van der Waals surface area contributed by atoms with Crippen LogP contribution in [0.4, 0.5) is 0 Å². The van der Waals surface area contributed by atoms with Crippen molar-refractivity contribution in [3.05, 3.63) is 0 Å². The van der Waals surface area contributed by atoms with E-state index in [2.05, 4.69) is 24.1 Å². The van der Waals surface area contributed by atoms with Crippen molar-refractivity contribution in [3.63, 3.8) is 0 Å². The minimum atomic E-state index is 0.773. The monoisotopic (exact) mass is 210 g/mol. The molecular weight excluding hydrogens is 184 g/mol. The Morgan fingerprint density at radius 1 is 1.20 bits per heavy atom. The Morgan fingerprint density at radius 3 is 2.73 bits per heavy atom. The Morgan fingerprint density at radius 2 is 2.07 bits per heavy atom. The zero-order chi connectivity index (χ0) is 10.7. The molecule has 2 fully saturated rings. The van der Waals surface area contributed by atoms with E-state index >= 15 is 0 Å². The Labute approximate surface area is 94.4 Å². The van der Waals surface area contributed by atoms with Gasteiger partial charge in [0.2, 0.25) is 0 Å². The van der Waals surface area contributed by atoms with Gasteiger partial charge in [0.25, 0.3) is 0 Å². The van der Waals surface area contributed by atoms with Crippen molar-refractivity contribution in [2.45, 2.75) is 58.0 Å². The fourth-order valence-corrected chi connectivity index (χ4v) is 3.09. The SMILES string of the molecule is CC1CCN(CC2CCCCN2)C(C)C1. The number of likely N-dealkylation sites (tertiary alicyclic amines) is 1. The van der Waals surface area contributed by atoms with E-state index in [1.54, 1.807) is 0 Å². The first kappa shape index (κ1) is 11.4. The van der Waals surface area contributed by atoms with Crippen LogP contribution in [0.1, 0.15) is 46.0 Å². The normalized spacial score (nSPS) is 39.2. The highest BCUT2D eigenvalue weighted by Crippen LogP contribution is 2.22. The van der Waals surface area contributed by atoms with Crippen LogP contribution in [0.15, 0.2) is 0 Å². The lowest BCUT2D eigenvalue weighted by molar-refractivity contribution is 0.111. The summed E-state index contributed by atoms with van der Waals surface area (Å²) in [5.74, 6) is 0.940. The fraction of sp³-hybridized carbons (Fsp3) is 1.00. The van der Waals surface area contributed by atoms with Gasteiger partial charge in [-0.05, 0) is 51.6 Å². The van der Waals surface area contributed by atoms with Crippen LogP contribution < -0.4 is 5.32 Å². The standard InChI is InChI=1S/C13H26N2/c1-11-6-8-15(12(2)9-11)10-13-5-3-4-7-14-13/h11-14H,3-10H2,1-2H3. The summed E-state index contributed by atoms with van der Waals surface area (Å²) < 4.78 is 0. The smallest absolute Gasteiger partial charge is 0.0195 e. The zero-order valence-corrected chi connectivity index (χ0v) is 10.3. The number of piperidine rings is 2. The average Bonchev–Trinajstić information content (AvgIpc) is 2.24. The van der Waals surface area contributed by atoms with Crippen LogP contribution >= 0.6 is 0 Å². The Kier molecular flexibility index (Phi) is 4.04. The van der Waals surface area contributed by atoms with E-state index in [0.29, 0.717) is 0 Å². The molecule has 2 aliphatic rings. The molecular formula is C13H26N2. The Balaban J connectivity index is 1.77. The largest absolute Gasteiger partial charge is 0.313 e. The number of rotatable bonds is 2. The summed E-state index contributed by atoms with van der Waals surface area (Å²) in [6.45, 7) is 8.64. The van der Waals surface area contributed by atoms with Crippen LogP contribution in [0.5, 0.6) is 0 Å². The van der Waals surface area contributed by atoms with Crippen molar-refractivity contribution < 1.29 is 0 Å². The topological polar surface area (TPSA) is 15.3 Å². The van der Waals surface area contributed by atoms with Crippen LogP contribution in [0.25, 0.3) is 0 Å². The van der Waals surface area contributed by atoms with Crippen molar-refractivity contribution in [1.82, 2.24) is 10.2 Å². The van der Waals surface area contributed by atoms with Gasteiger partial charge < -0.3 is 5.32 Å². The van der Waals surface area contributed by atoms with Gasteiger partial charge in [0.1, 0.15) is 0 Å². The first-order valence-corrected chi connectivity index (χ1v) is 6.73. The summed E-state index contributed by atoms with van der Waals surface area (Å²) in [4.78, 5) is 2.70. The molecule has 2 nitrogen and oxygen atoms in total. The second kappa shape index (κ2) is 5.31. The van der Waals surface area contributed by atoms with Gasteiger partial charge in [-0.2, -0.15) is 0 Å². The van der Waals surface area contributed by atoms with Gasteiger partial charge in [-0.15, -0.1) is 0 Å². The molecule has 0 aromatic rings. The third kappa shape index (κ3) is 3.18. The molecule has 0 aromatic heterocycles. The number of nitrogens with zero attached hydrogens (tertiary/aromatic N) is 1. The maximum atomic E-state index is 3.66. The first-order valence-electron chi connectivity index (χ1n) is 6.73. The van der Waals surface area contributed by atoms with Gasteiger partial charge in [0.05, 0.1) is 0 Å². The molecule has 2 aliphatic heterocycles. The molecule has 0 saturated carbocycles.